The van der Waals surface area contributed by atoms with E-state index in [1.54, 1.807) is 30.5 Å². The van der Waals surface area contributed by atoms with Gasteiger partial charge in [-0.1, -0.05) is 30.3 Å². The van der Waals surface area contributed by atoms with Crippen molar-refractivity contribution in [3.63, 3.8) is 0 Å². The molecule has 10 nitrogen and oxygen atoms in total. The van der Waals surface area contributed by atoms with E-state index in [4.69, 9.17) is 14.2 Å². The molecule has 1 amide bonds. The number of rotatable bonds is 10. The predicted octanol–water partition coefficient (Wildman–Crippen LogP) is 7.66. The highest BCUT2D eigenvalue weighted by Gasteiger charge is 2.30. The number of pyridine rings is 3. The maximum Gasteiger partial charge on any atom is 0.416 e. The lowest BCUT2D eigenvalue weighted by Crippen LogP contribution is -2.30. The summed E-state index contributed by atoms with van der Waals surface area (Å²) in [5.41, 5.74) is 0.0993. The molecule has 0 bridgehead atoms. The molecule has 0 saturated carbocycles. The third kappa shape index (κ3) is 7.30. The first-order valence-electron chi connectivity index (χ1n) is 14.8. The van der Waals surface area contributed by atoms with E-state index in [-0.39, 0.29) is 29.3 Å². The van der Waals surface area contributed by atoms with Crippen LogP contribution in [0, 0.1) is 0 Å². The van der Waals surface area contributed by atoms with E-state index in [1.807, 2.05) is 30.3 Å². The Kier molecular flexibility index (Phi) is 9.16. The molecule has 0 fully saturated rings. The maximum absolute atomic E-state index is 13.7. The van der Waals surface area contributed by atoms with E-state index < -0.39 is 23.2 Å². The van der Waals surface area contributed by atoms with Crippen LogP contribution in [0.1, 0.15) is 21.5 Å². The van der Waals surface area contributed by atoms with Crippen molar-refractivity contribution in [2.24, 2.45) is 0 Å². The first-order chi connectivity index (χ1) is 23.6. The van der Waals surface area contributed by atoms with Crippen molar-refractivity contribution in [3.8, 4) is 23.0 Å². The molecule has 6 aromatic rings. The number of ether oxygens (including phenoxy) is 3. The molecule has 0 aliphatic carbocycles. The standard InChI is InChI=1S/C36H28F3N5O5/c1-47-30-18-26-28(19-31(30)48-2)40-16-14-29(26)49-25-12-13-32(41-20-25)43-34(45)33-27(42-24-10-8-23(9-11-24)36(37,38)39)15-17-44(35(33)46)21-22-6-4-3-5-7-22/h3-20,42H,21H2,1-2H3,(H,41,43,45). The molecule has 3 aromatic heterocycles. The van der Waals surface area contributed by atoms with Crippen LogP contribution in [0.3, 0.4) is 0 Å². The molecule has 0 aliphatic heterocycles. The second-order valence-electron chi connectivity index (χ2n) is 10.7. The van der Waals surface area contributed by atoms with Crippen LogP contribution < -0.4 is 30.4 Å². The molecule has 13 heteroatoms. The second kappa shape index (κ2) is 13.8. The van der Waals surface area contributed by atoms with Gasteiger partial charge in [-0.25, -0.2) is 4.98 Å². The number of nitrogens with zero attached hydrogens (tertiary/aromatic N) is 3. The fourth-order valence-electron chi connectivity index (χ4n) is 5.06. The van der Waals surface area contributed by atoms with Gasteiger partial charge in [0.25, 0.3) is 11.5 Å². The van der Waals surface area contributed by atoms with Crippen molar-refractivity contribution in [1.82, 2.24) is 14.5 Å². The Bertz CT molecular complexity index is 2170. The fourth-order valence-corrected chi connectivity index (χ4v) is 5.06. The molecule has 0 spiro atoms. The molecule has 0 atom stereocenters. The van der Waals surface area contributed by atoms with Gasteiger partial charge in [-0.2, -0.15) is 13.2 Å². The first-order valence-corrected chi connectivity index (χ1v) is 14.8. The molecule has 49 heavy (non-hydrogen) atoms. The van der Waals surface area contributed by atoms with Crippen molar-refractivity contribution in [2.75, 3.05) is 24.9 Å². The number of hydrogen-bond donors (Lipinski definition) is 2. The molecule has 3 aromatic carbocycles. The molecular weight excluding hydrogens is 639 g/mol. The molecule has 0 unspecified atom stereocenters. The zero-order chi connectivity index (χ0) is 34.5. The van der Waals surface area contributed by atoms with Crippen LogP contribution in [-0.4, -0.2) is 34.7 Å². The first kappa shape index (κ1) is 32.6. The fraction of sp³-hybridized carbons (Fsp3) is 0.111. The number of aromatic nitrogens is 3. The van der Waals surface area contributed by atoms with Crippen molar-refractivity contribution < 1.29 is 32.2 Å². The smallest absolute Gasteiger partial charge is 0.416 e. The molecular formula is C36H28F3N5O5. The number of hydrogen-bond acceptors (Lipinski definition) is 8. The van der Waals surface area contributed by atoms with Crippen LogP contribution >= 0.6 is 0 Å². The lowest BCUT2D eigenvalue weighted by Gasteiger charge is -2.15. The SMILES string of the molecule is COc1cc2nccc(Oc3ccc(NC(=O)c4c(Nc5ccc(C(F)(F)F)cc5)ccn(Cc5ccccc5)c4=O)nc3)c2cc1OC. The van der Waals surface area contributed by atoms with Crippen LogP contribution in [0.25, 0.3) is 10.9 Å². The number of carbonyl (C=O) groups is 1. The van der Waals surface area contributed by atoms with Crippen LogP contribution in [0.4, 0.5) is 30.4 Å². The number of anilines is 3. The molecule has 3 heterocycles. The second-order valence-corrected chi connectivity index (χ2v) is 10.7. The summed E-state index contributed by atoms with van der Waals surface area (Å²) >= 11 is 0. The van der Waals surface area contributed by atoms with Crippen LogP contribution in [-0.2, 0) is 12.7 Å². The van der Waals surface area contributed by atoms with Crippen LogP contribution in [0.5, 0.6) is 23.0 Å². The topological polar surface area (TPSA) is 117 Å². The van der Waals surface area contributed by atoms with E-state index in [1.165, 1.54) is 55.4 Å². The largest absolute Gasteiger partial charge is 0.493 e. The van der Waals surface area contributed by atoms with E-state index in [9.17, 15) is 22.8 Å². The third-order valence-corrected chi connectivity index (χ3v) is 7.49. The molecule has 0 saturated heterocycles. The van der Waals surface area contributed by atoms with Gasteiger partial charge in [-0.15, -0.1) is 0 Å². The summed E-state index contributed by atoms with van der Waals surface area (Å²) in [6.07, 6.45) is -0.00471. The molecule has 0 radical (unpaired) electrons. The monoisotopic (exact) mass is 667 g/mol. The number of carbonyl (C=O) groups excluding carboxylic acids is 1. The van der Waals surface area contributed by atoms with Crippen LogP contribution in [0.2, 0.25) is 0 Å². The summed E-state index contributed by atoms with van der Waals surface area (Å²) in [7, 11) is 3.06. The summed E-state index contributed by atoms with van der Waals surface area (Å²) < 4.78 is 57.5. The Morgan fingerprint density at radius 3 is 2.27 bits per heavy atom. The highest BCUT2D eigenvalue weighted by Crippen LogP contribution is 2.37. The van der Waals surface area contributed by atoms with Crippen molar-refractivity contribution in [3.05, 3.63) is 137 Å². The summed E-state index contributed by atoms with van der Waals surface area (Å²) in [5.74, 6) is 1.21. The third-order valence-electron chi connectivity index (χ3n) is 7.49. The van der Waals surface area contributed by atoms with Gasteiger partial charge in [0.1, 0.15) is 22.9 Å². The zero-order valence-electron chi connectivity index (χ0n) is 26.1. The number of methoxy groups -OCH3 is 2. The van der Waals surface area contributed by atoms with E-state index in [2.05, 4.69) is 20.6 Å². The van der Waals surface area contributed by atoms with Gasteiger partial charge < -0.3 is 29.4 Å². The summed E-state index contributed by atoms with van der Waals surface area (Å²) in [4.78, 5) is 36.0. The van der Waals surface area contributed by atoms with Gasteiger partial charge in [0.15, 0.2) is 11.5 Å². The van der Waals surface area contributed by atoms with Gasteiger partial charge in [0, 0.05) is 29.5 Å². The lowest BCUT2D eigenvalue weighted by atomic mass is 10.1. The van der Waals surface area contributed by atoms with E-state index in [0.29, 0.717) is 33.9 Å². The van der Waals surface area contributed by atoms with E-state index >= 15 is 0 Å². The quantitative estimate of drug-likeness (QED) is 0.153. The lowest BCUT2D eigenvalue weighted by molar-refractivity contribution is -0.137. The number of alkyl halides is 3. The highest BCUT2D eigenvalue weighted by molar-refractivity contribution is 6.07. The van der Waals surface area contributed by atoms with Gasteiger partial charge in [-0.05, 0) is 60.2 Å². The molecule has 2 N–H and O–H groups in total. The number of fused-ring (bicyclic) bond motifs is 1. The average Bonchev–Trinajstić information content (AvgIpc) is 3.10. The molecule has 0 aliphatic rings. The van der Waals surface area contributed by atoms with Crippen molar-refractivity contribution >= 4 is 34.0 Å². The Hall–Kier alpha value is -6.37. The predicted molar refractivity (Wildman–Crippen MR) is 178 cm³/mol. The minimum atomic E-state index is -4.51. The average molecular weight is 668 g/mol. The number of nitrogens with one attached hydrogen (secondary N) is 2. The van der Waals surface area contributed by atoms with Gasteiger partial charge >= 0.3 is 6.18 Å². The van der Waals surface area contributed by atoms with Crippen molar-refractivity contribution in [2.45, 2.75) is 12.7 Å². The Balaban J connectivity index is 1.26. The Morgan fingerprint density at radius 1 is 0.857 bits per heavy atom. The maximum atomic E-state index is 13.7. The highest BCUT2D eigenvalue weighted by atomic mass is 19.4. The Labute approximate surface area is 277 Å². The number of amides is 1. The number of halogens is 3. The minimum Gasteiger partial charge on any atom is -0.493 e. The number of benzene rings is 3. The van der Waals surface area contributed by atoms with E-state index in [0.717, 1.165) is 17.7 Å². The molecule has 248 valence electrons. The van der Waals surface area contributed by atoms with Gasteiger partial charge in [0.2, 0.25) is 0 Å². The zero-order valence-corrected chi connectivity index (χ0v) is 26.1. The van der Waals surface area contributed by atoms with Crippen molar-refractivity contribution in [1.29, 1.82) is 0 Å². The van der Waals surface area contributed by atoms with Gasteiger partial charge in [0.05, 0.1) is 43.7 Å². The van der Waals surface area contributed by atoms with Gasteiger partial charge in [-0.3, -0.25) is 14.6 Å². The summed E-state index contributed by atoms with van der Waals surface area (Å²) in [6, 6.07) is 23.2. The molecule has 6 rings (SSSR count). The van der Waals surface area contributed by atoms with Crippen LogP contribution in [0.15, 0.2) is 114 Å². The minimum absolute atomic E-state index is 0.100. The Morgan fingerprint density at radius 2 is 1.59 bits per heavy atom. The summed E-state index contributed by atoms with van der Waals surface area (Å²) in [5, 5.41) is 6.23. The normalized spacial score (nSPS) is 11.2. The summed E-state index contributed by atoms with van der Waals surface area (Å²) in [6.45, 7) is 0.188.